The Kier molecular flexibility index (Phi) is 8.34. The summed E-state index contributed by atoms with van der Waals surface area (Å²) in [4.78, 5) is 24.5. The van der Waals surface area contributed by atoms with E-state index in [1.54, 1.807) is 13.8 Å². The first-order chi connectivity index (χ1) is 18.1. The Balaban J connectivity index is 1.42. The Bertz CT molecular complexity index is 1180. The van der Waals surface area contributed by atoms with Gasteiger partial charge in [0.2, 0.25) is 17.4 Å². The van der Waals surface area contributed by atoms with Crippen LogP contribution in [0.5, 0.6) is 5.88 Å². The number of ether oxygens (including phenoxy) is 4. The predicted molar refractivity (Wildman–Crippen MR) is 131 cm³/mol. The number of anilines is 1. The molecule has 0 spiro atoms. The Morgan fingerprint density at radius 1 is 1.42 bits per heavy atom. The van der Waals surface area contributed by atoms with Crippen molar-refractivity contribution in [2.45, 2.75) is 81.9 Å². The molecule has 1 aliphatic carbocycles. The number of fused-ring (bicyclic) bond motifs is 1. The molecule has 2 fully saturated rings. The molecule has 14 heteroatoms. The number of imidazole rings is 1. The van der Waals surface area contributed by atoms with Gasteiger partial charge in [-0.25, -0.2) is 9.37 Å². The second-order valence-electron chi connectivity index (χ2n) is 9.39. The van der Waals surface area contributed by atoms with Gasteiger partial charge in [0, 0.05) is 0 Å². The minimum absolute atomic E-state index is 0.0453. The molecule has 2 aromatic rings. The number of alkyl halides is 1. The van der Waals surface area contributed by atoms with Crippen LogP contribution in [-0.2, 0) is 19.0 Å². The zero-order valence-corrected chi connectivity index (χ0v) is 21.3. The summed E-state index contributed by atoms with van der Waals surface area (Å²) in [6.07, 6.45) is 7.61. The molecule has 1 saturated carbocycles. The summed E-state index contributed by atoms with van der Waals surface area (Å²) in [5.74, 6) is -1.42. The third-order valence-electron chi connectivity index (χ3n) is 6.66. The molecule has 1 unspecified atom stereocenters. The fourth-order valence-electron chi connectivity index (χ4n) is 4.56. The largest absolute Gasteiger partial charge is 0.476 e. The fraction of sp³-hybridized carbons (Fsp3) is 0.667. The summed E-state index contributed by atoms with van der Waals surface area (Å²) in [7, 11) is 0. The Labute approximate surface area is 218 Å². The third-order valence-corrected chi connectivity index (χ3v) is 6.66. The Morgan fingerprint density at radius 2 is 2.16 bits per heavy atom. The van der Waals surface area contributed by atoms with Crippen LogP contribution in [0.25, 0.3) is 11.2 Å². The van der Waals surface area contributed by atoms with Crippen LogP contribution in [-0.4, -0.2) is 85.4 Å². The average Bonchev–Trinajstić information content (AvgIpc) is 3.40. The second kappa shape index (κ2) is 11.3. The van der Waals surface area contributed by atoms with Crippen molar-refractivity contribution in [3.05, 3.63) is 6.33 Å². The van der Waals surface area contributed by atoms with Gasteiger partial charge in [0.05, 0.1) is 19.7 Å². The van der Waals surface area contributed by atoms with Gasteiger partial charge in [-0.3, -0.25) is 14.7 Å². The van der Waals surface area contributed by atoms with Crippen LogP contribution >= 0.6 is 0 Å². The first-order valence-electron chi connectivity index (χ1n) is 12.5. The number of esters is 1. The van der Waals surface area contributed by atoms with Crippen LogP contribution in [0, 0.1) is 12.3 Å². The fourth-order valence-corrected chi connectivity index (χ4v) is 4.56. The number of nitrogens with two attached hydrogens (primary N) is 1. The molecular weight excluding hydrogens is 503 g/mol. The third kappa shape index (κ3) is 5.38. The van der Waals surface area contributed by atoms with Gasteiger partial charge < -0.3 is 34.9 Å². The number of nitrogens with one attached hydrogen (secondary N) is 1. The molecule has 0 amide bonds. The Morgan fingerprint density at radius 3 is 2.84 bits per heavy atom. The van der Waals surface area contributed by atoms with Crippen molar-refractivity contribution in [1.82, 2.24) is 24.8 Å². The Hall–Kier alpha value is -3.09. The number of halogens is 1. The maximum Gasteiger partial charge on any atom is 0.323 e. The molecule has 3 heterocycles. The van der Waals surface area contributed by atoms with E-state index >= 15 is 4.39 Å². The number of nitrogen functional groups attached to an aromatic ring is 1. The van der Waals surface area contributed by atoms with Crippen LogP contribution in [0.15, 0.2) is 6.33 Å². The summed E-state index contributed by atoms with van der Waals surface area (Å²) >= 11 is 0. The number of aromatic nitrogens is 4. The molecular formula is C24H33FN6O7. The van der Waals surface area contributed by atoms with Crippen LogP contribution in [0.3, 0.4) is 0 Å². The quantitative estimate of drug-likeness (QED) is 0.144. The number of rotatable bonds is 10. The zero-order valence-electron chi connectivity index (χ0n) is 21.3. The van der Waals surface area contributed by atoms with Crippen molar-refractivity contribution in [1.29, 1.82) is 0 Å². The summed E-state index contributed by atoms with van der Waals surface area (Å²) in [5, 5.41) is 24.6. The van der Waals surface area contributed by atoms with Gasteiger partial charge >= 0.3 is 5.97 Å². The maximum atomic E-state index is 15.8. The lowest BCUT2D eigenvalue weighted by atomic mass is 9.94. The summed E-state index contributed by atoms with van der Waals surface area (Å²) in [6, 6.07) is -0.709. The molecule has 38 heavy (non-hydrogen) atoms. The number of aliphatic hydroxyl groups excluding tert-OH is 1. The normalized spacial score (nSPS) is 28.7. The molecule has 2 aliphatic rings. The molecule has 4 rings (SSSR count). The molecule has 0 bridgehead atoms. The number of hydrogen-bond donors (Lipinski definition) is 4. The monoisotopic (exact) mass is 536 g/mol. The van der Waals surface area contributed by atoms with Crippen molar-refractivity contribution < 1.29 is 38.3 Å². The lowest BCUT2D eigenvalue weighted by Crippen LogP contribution is -2.50. The topological polar surface area (TPSA) is 176 Å². The van der Waals surface area contributed by atoms with Crippen molar-refractivity contribution in [3.63, 3.8) is 0 Å². The number of carbonyl (C=O) groups excluding carboxylic acids is 1. The van der Waals surface area contributed by atoms with Crippen molar-refractivity contribution in [2.75, 3.05) is 25.7 Å². The van der Waals surface area contributed by atoms with E-state index < -0.39 is 42.4 Å². The maximum absolute atomic E-state index is 15.8. The highest BCUT2D eigenvalue weighted by molar-refractivity contribution is 5.77. The van der Waals surface area contributed by atoms with Gasteiger partial charge in [0.1, 0.15) is 18.8 Å². The minimum Gasteiger partial charge on any atom is -0.476 e. The molecule has 208 valence electrons. The molecule has 2 aromatic heterocycles. The highest BCUT2D eigenvalue weighted by Crippen LogP contribution is 2.46. The lowest BCUT2D eigenvalue weighted by molar-refractivity contribution is -0.216. The standard InChI is InChI=1S/C24H33FN6O7/c1-4-23(34)20(33)24(25,11-35-13-28-14(3)19(32)37-15-9-7-6-8-10-15)38-21(23)31-12-27-16-17(31)29-22(26)30-18(16)36-5-2/h1,12,14-15,20-21,28,33-34H,5-11,13H2,2-3H3,(H2,26,29,30)/t14?,20-,21+,23+,24+/m0/s1. The number of carbonyl (C=O) groups is 1. The van der Waals surface area contributed by atoms with Crippen LogP contribution in [0.1, 0.15) is 52.2 Å². The van der Waals surface area contributed by atoms with Crippen LogP contribution < -0.4 is 15.8 Å². The number of hydrogen-bond acceptors (Lipinski definition) is 12. The summed E-state index contributed by atoms with van der Waals surface area (Å²) in [5.41, 5.74) is 3.46. The van der Waals surface area contributed by atoms with Gasteiger partial charge in [-0.2, -0.15) is 9.97 Å². The zero-order chi connectivity index (χ0) is 27.5. The summed E-state index contributed by atoms with van der Waals surface area (Å²) < 4.78 is 38.6. The highest BCUT2D eigenvalue weighted by atomic mass is 19.2. The average molecular weight is 537 g/mol. The summed E-state index contributed by atoms with van der Waals surface area (Å²) in [6.45, 7) is 2.52. The van der Waals surface area contributed by atoms with E-state index in [0.717, 1.165) is 36.7 Å². The molecule has 5 atom stereocenters. The van der Waals surface area contributed by atoms with Gasteiger partial charge in [-0.15, -0.1) is 6.42 Å². The lowest BCUT2D eigenvalue weighted by Gasteiger charge is -2.26. The van der Waals surface area contributed by atoms with E-state index in [1.165, 1.54) is 6.33 Å². The van der Waals surface area contributed by atoms with Crippen molar-refractivity contribution in [3.8, 4) is 18.2 Å². The van der Waals surface area contributed by atoms with Crippen molar-refractivity contribution in [2.24, 2.45) is 0 Å². The number of aliphatic hydroxyl groups is 2. The second-order valence-corrected chi connectivity index (χ2v) is 9.39. The van der Waals surface area contributed by atoms with E-state index in [1.807, 2.05) is 5.92 Å². The SMILES string of the molecule is C#C[C@]1(O)[C@H](n2cnc3c(OCC)nc(N)nc32)O[C@](F)(COCNC(C)C(=O)OC2CCCCC2)[C@H]1O. The number of terminal acetylenes is 1. The van der Waals surface area contributed by atoms with E-state index in [0.29, 0.717) is 0 Å². The molecule has 13 nitrogen and oxygen atoms in total. The van der Waals surface area contributed by atoms with E-state index in [4.69, 9.17) is 31.1 Å². The molecule has 1 saturated heterocycles. The van der Waals surface area contributed by atoms with Crippen LogP contribution in [0.4, 0.5) is 10.3 Å². The van der Waals surface area contributed by atoms with Crippen LogP contribution in [0.2, 0.25) is 0 Å². The van der Waals surface area contributed by atoms with E-state index in [9.17, 15) is 15.0 Å². The van der Waals surface area contributed by atoms with Crippen molar-refractivity contribution >= 4 is 23.1 Å². The van der Waals surface area contributed by atoms with E-state index in [-0.39, 0.29) is 42.4 Å². The predicted octanol–water partition coefficient (Wildman–Crippen LogP) is 0.555. The van der Waals surface area contributed by atoms with Gasteiger partial charge in [0.25, 0.3) is 5.85 Å². The van der Waals surface area contributed by atoms with E-state index in [2.05, 4.69) is 20.3 Å². The smallest absolute Gasteiger partial charge is 0.323 e. The molecule has 0 radical (unpaired) electrons. The van der Waals surface area contributed by atoms with Gasteiger partial charge in [0.15, 0.2) is 23.5 Å². The van der Waals surface area contributed by atoms with Gasteiger partial charge in [-0.1, -0.05) is 12.3 Å². The highest BCUT2D eigenvalue weighted by Gasteiger charge is 2.65. The first-order valence-corrected chi connectivity index (χ1v) is 12.5. The van der Waals surface area contributed by atoms with Gasteiger partial charge in [-0.05, 0) is 39.5 Å². The first kappa shape index (κ1) is 27.9. The molecule has 1 aliphatic heterocycles. The number of nitrogens with zero attached hydrogens (tertiary/aromatic N) is 4. The molecule has 0 aromatic carbocycles. The molecule has 5 N–H and O–H groups in total. The minimum atomic E-state index is -2.92.